The lowest BCUT2D eigenvalue weighted by Crippen LogP contribution is -2.25. The van der Waals surface area contributed by atoms with Crippen molar-refractivity contribution in [2.45, 2.75) is 25.3 Å². The smallest absolute Gasteiger partial charge is 0.230 e. The van der Waals surface area contributed by atoms with Crippen LogP contribution in [-0.4, -0.2) is 28.2 Å². The van der Waals surface area contributed by atoms with Crippen molar-refractivity contribution in [1.29, 1.82) is 0 Å². The number of amides is 1. The quantitative estimate of drug-likeness (QED) is 0.676. The highest BCUT2D eigenvalue weighted by Crippen LogP contribution is 2.29. The van der Waals surface area contributed by atoms with Gasteiger partial charge in [0.15, 0.2) is 0 Å². The second-order valence-electron chi connectivity index (χ2n) is 3.89. The SMILES string of the molecule is CCCNC(=O)CSc1ncnc2sc(C)cc12. The highest BCUT2D eigenvalue weighted by atomic mass is 32.2. The van der Waals surface area contributed by atoms with Crippen LogP contribution in [0.25, 0.3) is 10.2 Å². The number of thioether (sulfide) groups is 1. The molecule has 0 saturated carbocycles. The Morgan fingerprint density at radius 3 is 3.11 bits per heavy atom. The molecule has 0 atom stereocenters. The van der Waals surface area contributed by atoms with Crippen LogP contribution in [0.15, 0.2) is 17.4 Å². The number of aromatic nitrogens is 2. The predicted molar refractivity (Wildman–Crippen MR) is 76.2 cm³/mol. The van der Waals surface area contributed by atoms with Crippen LogP contribution in [0.1, 0.15) is 18.2 Å². The Balaban J connectivity index is 2.05. The van der Waals surface area contributed by atoms with Gasteiger partial charge in [-0.25, -0.2) is 9.97 Å². The van der Waals surface area contributed by atoms with E-state index < -0.39 is 0 Å². The van der Waals surface area contributed by atoms with Crippen LogP contribution in [0.5, 0.6) is 0 Å². The van der Waals surface area contributed by atoms with E-state index in [1.165, 1.54) is 16.6 Å². The molecule has 2 heterocycles. The molecule has 96 valence electrons. The fourth-order valence-electron chi connectivity index (χ4n) is 1.52. The van der Waals surface area contributed by atoms with Gasteiger partial charge in [0, 0.05) is 16.8 Å². The molecule has 0 aliphatic heterocycles. The summed E-state index contributed by atoms with van der Waals surface area (Å²) in [5.41, 5.74) is 0. The van der Waals surface area contributed by atoms with Gasteiger partial charge >= 0.3 is 0 Å². The van der Waals surface area contributed by atoms with Crippen LogP contribution < -0.4 is 5.32 Å². The van der Waals surface area contributed by atoms with Crippen molar-refractivity contribution in [3.8, 4) is 0 Å². The lowest BCUT2D eigenvalue weighted by Gasteiger charge is -2.03. The normalized spacial score (nSPS) is 10.8. The summed E-state index contributed by atoms with van der Waals surface area (Å²) in [4.78, 5) is 22.2. The third kappa shape index (κ3) is 3.20. The summed E-state index contributed by atoms with van der Waals surface area (Å²) in [5.74, 6) is 0.460. The molecular formula is C12H15N3OS2. The van der Waals surface area contributed by atoms with Gasteiger partial charge in [-0.15, -0.1) is 11.3 Å². The van der Waals surface area contributed by atoms with Crippen LogP contribution in [-0.2, 0) is 4.79 Å². The van der Waals surface area contributed by atoms with Gasteiger partial charge in [-0.2, -0.15) is 0 Å². The first-order chi connectivity index (χ1) is 8.70. The maximum Gasteiger partial charge on any atom is 0.230 e. The van der Waals surface area contributed by atoms with E-state index >= 15 is 0 Å². The number of hydrogen-bond acceptors (Lipinski definition) is 5. The minimum atomic E-state index is 0.0561. The van der Waals surface area contributed by atoms with Crippen LogP contribution in [0.3, 0.4) is 0 Å². The van der Waals surface area contributed by atoms with Crippen LogP contribution in [0.4, 0.5) is 0 Å². The molecule has 4 nitrogen and oxygen atoms in total. The summed E-state index contributed by atoms with van der Waals surface area (Å²) in [6, 6.07) is 2.08. The topological polar surface area (TPSA) is 54.9 Å². The summed E-state index contributed by atoms with van der Waals surface area (Å²) >= 11 is 3.11. The molecule has 0 aliphatic rings. The van der Waals surface area contributed by atoms with Crippen molar-refractivity contribution < 1.29 is 4.79 Å². The summed E-state index contributed by atoms with van der Waals surface area (Å²) in [6.07, 6.45) is 2.52. The fourth-order valence-corrected chi connectivity index (χ4v) is 3.23. The summed E-state index contributed by atoms with van der Waals surface area (Å²) < 4.78 is 0. The van der Waals surface area contributed by atoms with Crippen LogP contribution in [0.2, 0.25) is 0 Å². The Labute approximate surface area is 114 Å². The van der Waals surface area contributed by atoms with Gasteiger partial charge in [0.05, 0.1) is 5.75 Å². The number of aryl methyl sites for hydroxylation is 1. The summed E-state index contributed by atoms with van der Waals surface area (Å²) in [7, 11) is 0. The third-order valence-electron chi connectivity index (χ3n) is 2.33. The van der Waals surface area contributed by atoms with Crippen LogP contribution in [0, 0.1) is 6.92 Å². The Morgan fingerprint density at radius 1 is 1.50 bits per heavy atom. The highest BCUT2D eigenvalue weighted by Gasteiger charge is 2.09. The van der Waals surface area contributed by atoms with E-state index in [0.717, 1.165) is 28.2 Å². The van der Waals surface area contributed by atoms with Crippen molar-refractivity contribution in [3.63, 3.8) is 0 Å². The number of fused-ring (bicyclic) bond motifs is 1. The molecule has 0 fully saturated rings. The number of nitrogens with zero attached hydrogens (tertiary/aromatic N) is 2. The molecule has 0 aromatic carbocycles. The van der Waals surface area contributed by atoms with Crippen molar-refractivity contribution in [1.82, 2.24) is 15.3 Å². The number of hydrogen-bond donors (Lipinski definition) is 1. The Bertz CT molecular complexity index is 553. The molecule has 1 N–H and O–H groups in total. The first-order valence-corrected chi connectivity index (χ1v) is 7.61. The van der Waals surface area contributed by atoms with E-state index in [1.54, 1.807) is 17.7 Å². The van der Waals surface area contributed by atoms with E-state index in [9.17, 15) is 4.79 Å². The molecule has 0 radical (unpaired) electrons. The van der Waals surface area contributed by atoms with E-state index in [2.05, 4.69) is 28.3 Å². The second kappa shape index (κ2) is 6.15. The monoisotopic (exact) mass is 281 g/mol. The number of nitrogens with one attached hydrogen (secondary N) is 1. The van der Waals surface area contributed by atoms with E-state index in [0.29, 0.717) is 5.75 Å². The van der Waals surface area contributed by atoms with Gasteiger partial charge in [0.25, 0.3) is 0 Å². The molecule has 0 saturated heterocycles. The molecule has 2 aromatic rings. The minimum absolute atomic E-state index is 0.0561. The molecule has 2 aromatic heterocycles. The Hall–Kier alpha value is -1.14. The zero-order valence-electron chi connectivity index (χ0n) is 10.4. The lowest BCUT2D eigenvalue weighted by atomic mass is 10.4. The molecule has 0 spiro atoms. The van der Waals surface area contributed by atoms with Crippen molar-refractivity contribution >= 4 is 39.2 Å². The van der Waals surface area contributed by atoms with E-state index in [1.807, 2.05) is 6.92 Å². The van der Waals surface area contributed by atoms with Gasteiger partial charge in [0.1, 0.15) is 16.2 Å². The third-order valence-corrected chi connectivity index (χ3v) is 4.29. The minimum Gasteiger partial charge on any atom is -0.355 e. The number of carbonyl (C=O) groups is 1. The average Bonchev–Trinajstić information content (AvgIpc) is 2.74. The zero-order chi connectivity index (χ0) is 13.0. The zero-order valence-corrected chi connectivity index (χ0v) is 12.0. The Morgan fingerprint density at radius 2 is 2.33 bits per heavy atom. The first kappa shape index (κ1) is 13.3. The molecule has 0 unspecified atom stereocenters. The van der Waals surface area contributed by atoms with Gasteiger partial charge in [0.2, 0.25) is 5.91 Å². The number of rotatable bonds is 5. The highest BCUT2D eigenvalue weighted by molar-refractivity contribution is 8.00. The molecule has 0 aliphatic carbocycles. The van der Waals surface area contributed by atoms with Gasteiger partial charge < -0.3 is 5.32 Å². The van der Waals surface area contributed by atoms with E-state index in [-0.39, 0.29) is 5.91 Å². The Kier molecular flexibility index (Phi) is 4.54. The number of carbonyl (C=O) groups excluding carboxylic acids is 1. The molecule has 1 amide bonds. The number of thiophene rings is 1. The van der Waals surface area contributed by atoms with E-state index in [4.69, 9.17) is 0 Å². The maximum absolute atomic E-state index is 11.5. The molecular weight excluding hydrogens is 266 g/mol. The molecule has 6 heteroatoms. The average molecular weight is 281 g/mol. The molecule has 0 bridgehead atoms. The van der Waals surface area contributed by atoms with Crippen LogP contribution >= 0.6 is 23.1 Å². The van der Waals surface area contributed by atoms with Gasteiger partial charge in [-0.05, 0) is 19.4 Å². The van der Waals surface area contributed by atoms with Crippen molar-refractivity contribution in [2.75, 3.05) is 12.3 Å². The second-order valence-corrected chi connectivity index (χ2v) is 6.09. The lowest BCUT2D eigenvalue weighted by molar-refractivity contribution is -0.118. The van der Waals surface area contributed by atoms with Gasteiger partial charge in [-0.3, -0.25) is 4.79 Å². The first-order valence-electron chi connectivity index (χ1n) is 5.81. The fraction of sp³-hybridized carbons (Fsp3) is 0.417. The summed E-state index contributed by atoms with van der Waals surface area (Å²) in [6.45, 7) is 4.82. The maximum atomic E-state index is 11.5. The molecule has 2 rings (SSSR count). The molecule has 18 heavy (non-hydrogen) atoms. The standard InChI is InChI=1S/C12H15N3OS2/c1-3-4-13-10(16)6-17-11-9-5-8(2)18-12(9)15-7-14-11/h5,7H,3-4,6H2,1-2H3,(H,13,16). The van der Waals surface area contributed by atoms with Crippen molar-refractivity contribution in [2.24, 2.45) is 0 Å². The summed E-state index contributed by atoms with van der Waals surface area (Å²) in [5, 5.41) is 4.79. The van der Waals surface area contributed by atoms with Crippen molar-refractivity contribution in [3.05, 3.63) is 17.3 Å². The van der Waals surface area contributed by atoms with Gasteiger partial charge in [-0.1, -0.05) is 18.7 Å². The predicted octanol–water partition coefficient (Wildman–Crippen LogP) is 2.62. The largest absolute Gasteiger partial charge is 0.355 e.